The van der Waals surface area contributed by atoms with Gasteiger partial charge in [-0.05, 0) is 52.3 Å². The lowest BCUT2D eigenvalue weighted by molar-refractivity contribution is -0.132. The van der Waals surface area contributed by atoms with Crippen molar-refractivity contribution in [3.63, 3.8) is 0 Å². The Morgan fingerprint density at radius 3 is 2.22 bits per heavy atom. The lowest BCUT2D eigenvalue weighted by atomic mass is 9.74. The van der Waals surface area contributed by atoms with Crippen LogP contribution in [0.2, 0.25) is 0 Å². The molecule has 0 radical (unpaired) electrons. The van der Waals surface area contributed by atoms with E-state index in [-0.39, 0.29) is 11.9 Å². The molecule has 0 saturated carbocycles. The van der Waals surface area contributed by atoms with E-state index >= 15 is 0 Å². The van der Waals surface area contributed by atoms with Crippen LogP contribution in [0.4, 0.5) is 0 Å². The standard InChI is InChI=1S/C14H23N3O/c1-10(11-6-8-16-9-7-11)17-12(18)13(2,3)14(4,5)15/h6-10H,15H2,1-5H3,(H,17,18)/t10-/m0/s1. The summed E-state index contributed by atoms with van der Waals surface area (Å²) in [7, 11) is 0. The molecule has 0 bridgehead atoms. The maximum Gasteiger partial charge on any atom is 0.227 e. The molecule has 0 aliphatic rings. The number of nitrogens with one attached hydrogen (secondary N) is 1. The van der Waals surface area contributed by atoms with E-state index in [0.717, 1.165) is 5.56 Å². The number of nitrogens with zero attached hydrogens (tertiary/aromatic N) is 1. The number of carbonyl (C=O) groups excluding carboxylic acids is 1. The summed E-state index contributed by atoms with van der Waals surface area (Å²) in [5, 5.41) is 3.00. The fourth-order valence-electron chi connectivity index (χ4n) is 1.41. The Bertz CT molecular complexity index is 407. The van der Waals surface area contributed by atoms with Crippen LogP contribution in [0.25, 0.3) is 0 Å². The molecular weight excluding hydrogens is 226 g/mol. The molecule has 1 rings (SSSR count). The summed E-state index contributed by atoms with van der Waals surface area (Å²) in [6, 6.07) is 3.74. The summed E-state index contributed by atoms with van der Waals surface area (Å²) in [4.78, 5) is 16.3. The minimum absolute atomic E-state index is 0.0423. The lowest BCUT2D eigenvalue weighted by Crippen LogP contribution is -2.55. The van der Waals surface area contributed by atoms with Gasteiger partial charge in [0.05, 0.1) is 11.5 Å². The van der Waals surface area contributed by atoms with Crippen LogP contribution in [0.1, 0.15) is 46.2 Å². The molecule has 0 fully saturated rings. The van der Waals surface area contributed by atoms with Crippen molar-refractivity contribution in [2.75, 3.05) is 0 Å². The number of pyridine rings is 1. The van der Waals surface area contributed by atoms with Crippen molar-refractivity contribution >= 4 is 5.91 Å². The van der Waals surface area contributed by atoms with Gasteiger partial charge in [-0.3, -0.25) is 9.78 Å². The molecule has 0 aliphatic carbocycles. The summed E-state index contributed by atoms with van der Waals surface area (Å²) < 4.78 is 0. The van der Waals surface area contributed by atoms with Crippen LogP contribution >= 0.6 is 0 Å². The van der Waals surface area contributed by atoms with Gasteiger partial charge in [0.25, 0.3) is 0 Å². The minimum atomic E-state index is -0.631. The SMILES string of the molecule is C[C@H](NC(=O)C(C)(C)C(C)(C)N)c1ccncc1. The van der Waals surface area contributed by atoms with Gasteiger partial charge in [-0.2, -0.15) is 0 Å². The number of aromatic nitrogens is 1. The third-order valence-corrected chi connectivity index (χ3v) is 3.73. The van der Waals surface area contributed by atoms with Gasteiger partial charge >= 0.3 is 0 Å². The first-order valence-corrected chi connectivity index (χ1v) is 6.16. The van der Waals surface area contributed by atoms with E-state index in [0.29, 0.717) is 0 Å². The van der Waals surface area contributed by atoms with Crippen LogP contribution in [0.3, 0.4) is 0 Å². The molecule has 0 aliphatic heterocycles. The summed E-state index contributed by atoms with van der Waals surface area (Å²) in [5.74, 6) is -0.0423. The van der Waals surface area contributed by atoms with Gasteiger partial charge in [0.2, 0.25) is 5.91 Å². The third kappa shape index (κ3) is 3.07. The molecule has 0 aromatic carbocycles. The van der Waals surface area contributed by atoms with Gasteiger partial charge in [-0.25, -0.2) is 0 Å². The van der Waals surface area contributed by atoms with Crippen molar-refractivity contribution in [1.29, 1.82) is 0 Å². The summed E-state index contributed by atoms with van der Waals surface area (Å²) in [6.07, 6.45) is 3.44. The van der Waals surface area contributed by atoms with Crippen molar-refractivity contribution < 1.29 is 4.79 Å². The molecule has 4 heteroatoms. The van der Waals surface area contributed by atoms with Crippen LogP contribution in [0.15, 0.2) is 24.5 Å². The number of hydrogen-bond donors (Lipinski definition) is 2. The van der Waals surface area contributed by atoms with Gasteiger partial charge in [0.15, 0.2) is 0 Å². The van der Waals surface area contributed by atoms with Crippen LogP contribution in [-0.2, 0) is 4.79 Å². The van der Waals surface area contributed by atoms with E-state index < -0.39 is 11.0 Å². The largest absolute Gasteiger partial charge is 0.349 e. The normalized spacial score (nSPS) is 14.1. The van der Waals surface area contributed by atoms with E-state index in [1.54, 1.807) is 12.4 Å². The fourth-order valence-corrected chi connectivity index (χ4v) is 1.41. The first-order chi connectivity index (χ1) is 8.16. The number of nitrogens with two attached hydrogens (primary N) is 1. The van der Waals surface area contributed by atoms with E-state index in [9.17, 15) is 4.79 Å². The lowest BCUT2D eigenvalue weighted by Gasteiger charge is -2.37. The number of amides is 1. The molecule has 18 heavy (non-hydrogen) atoms. The molecule has 4 nitrogen and oxygen atoms in total. The Morgan fingerprint density at radius 2 is 1.78 bits per heavy atom. The third-order valence-electron chi connectivity index (χ3n) is 3.73. The second-order valence-corrected chi connectivity index (χ2v) is 5.82. The summed E-state index contributed by atoms with van der Waals surface area (Å²) >= 11 is 0. The average Bonchev–Trinajstić information content (AvgIpc) is 2.28. The Labute approximate surface area is 109 Å². The fraction of sp³-hybridized carbons (Fsp3) is 0.571. The molecule has 0 spiro atoms. The van der Waals surface area contributed by atoms with Crippen molar-refractivity contribution in [2.45, 2.75) is 46.2 Å². The Kier molecular flexibility index (Phi) is 4.12. The second-order valence-electron chi connectivity index (χ2n) is 5.82. The zero-order valence-electron chi connectivity index (χ0n) is 11.8. The van der Waals surface area contributed by atoms with Crippen LogP contribution in [-0.4, -0.2) is 16.4 Å². The molecule has 1 amide bonds. The first-order valence-electron chi connectivity index (χ1n) is 6.16. The predicted molar refractivity (Wildman–Crippen MR) is 72.8 cm³/mol. The van der Waals surface area contributed by atoms with Crippen molar-refractivity contribution in [3.8, 4) is 0 Å². The number of hydrogen-bond acceptors (Lipinski definition) is 3. The Morgan fingerprint density at radius 1 is 1.28 bits per heavy atom. The average molecular weight is 249 g/mol. The topological polar surface area (TPSA) is 68.0 Å². The number of rotatable bonds is 4. The maximum absolute atomic E-state index is 12.3. The first kappa shape index (κ1) is 14.6. The molecule has 100 valence electrons. The highest BCUT2D eigenvalue weighted by Crippen LogP contribution is 2.29. The van der Waals surface area contributed by atoms with Gasteiger partial charge in [0.1, 0.15) is 0 Å². The van der Waals surface area contributed by atoms with Crippen molar-refractivity contribution in [2.24, 2.45) is 11.1 Å². The predicted octanol–water partition coefficient (Wildman–Crippen LogP) is 2.02. The molecule has 1 heterocycles. The second kappa shape index (κ2) is 5.06. The zero-order valence-corrected chi connectivity index (χ0v) is 11.8. The monoisotopic (exact) mass is 249 g/mol. The Balaban J connectivity index is 2.78. The molecule has 0 unspecified atom stereocenters. The van der Waals surface area contributed by atoms with Gasteiger partial charge in [-0.15, -0.1) is 0 Å². The van der Waals surface area contributed by atoms with Crippen LogP contribution < -0.4 is 11.1 Å². The van der Waals surface area contributed by atoms with Crippen LogP contribution in [0.5, 0.6) is 0 Å². The quantitative estimate of drug-likeness (QED) is 0.858. The molecule has 1 aromatic rings. The van der Waals surface area contributed by atoms with Gasteiger partial charge < -0.3 is 11.1 Å². The molecule has 3 N–H and O–H groups in total. The molecule has 1 aromatic heterocycles. The van der Waals surface area contributed by atoms with E-state index in [1.807, 2.05) is 46.8 Å². The van der Waals surface area contributed by atoms with E-state index in [1.165, 1.54) is 0 Å². The van der Waals surface area contributed by atoms with Crippen molar-refractivity contribution in [3.05, 3.63) is 30.1 Å². The molecule has 1 atom stereocenters. The highest BCUT2D eigenvalue weighted by Gasteiger charge is 2.40. The van der Waals surface area contributed by atoms with Crippen LogP contribution in [0, 0.1) is 5.41 Å². The highest BCUT2D eigenvalue weighted by molar-refractivity contribution is 5.83. The van der Waals surface area contributed by atoms with Crippen molar-refractivity contribution in [1.82, 2.24) is 10.3 Å². The molecule has 0 saturated heterocycles. The number of carbonyl (C=O) groups is 1. The zero-order chi connectivity index (χ0) is 14.0. The van der Waals surface area contributed by atoms with E-state index in [2.05, 4.69) is 10.3 Å². The minimum Gasteiger partial charge on any atom is -0.349 e. The summed E-state index contributed by atoms with van der Waals surface area (Å²) in [6.45, 7) is 9.41. The van der Waals surface area contributed by atoms with Gasteiger partial charge in [-0.1, -0.05) is 0 Å². The maximum atomic E-state index is 12.3. The summed E-state index contributed by atoms with van der Waals surface area (Å²) in [5.41, 5.74) is 5.88. The highest BCUT2D eigenvalue weighted by atomic mass is 16.2. The van der Waals surface area contributed by atoms with E-state index in [4.69, 9.17) is 5.73 Å². The van der Waals surface area contributed by atoms with Gasteiger partial charge in [0, 0.05) is 17.9 Å². The molecular formula is C14H23N3O. The Hall–Kier alpha value is -1.42. The smallest absolute Gasteiger partial charge is 0.227 e.